The van der Waals surface area contributed by atoms with Gasteiger partial charge in [0.05, 0.1) is 5.69 Å². The van der Waals surface area contributed by atoms with Gasteiger partial charge < -0.3 is 5.73 Å². The van der Waals surface area contributed by atoms with Crippen LogP contribution in [0, 0.1) is 0 Å². The third-order valence-electron chi connectivity index (χ3n) is 5.05. The molecule has 4 rings (SSSR count). The van der Waals surface area contributed by atoms with E-state index in [9.17, 15) is 0 Å². The fourth-order valence-corrected chi connectivity index (χ4v) is 3.56. The highest BCUT2D eigenvalue weighted by atomic mass is 15.0. The molecule has 0 radical (unpaired) electrons. The molecule has 1 heterocycles. The third-order valence-corrected chi connectivity index (χ3v) is 5.05. The standard InChI is InChI=1S/C26H25N3/c1-19-9-8-14-22(16-15-19)25-23(17-20-10-4-2-5-11-20)28-24(29-26(25)27)18-21-12-6-3-7-13-21/h2-8,10-16H,9,17-18H2,1H3,(H2,27,28,29). The van der Waals surface area contributed by atoms with Crippen molar-refractivity contribution in [2.75, 3.05) is 5.73 Å². The van der Waals surface area contributed by atoms with Crippen LogP contribution >= 0.6 is 0 Å². The molecule has 3 heteroatoms. The molecule has 0 saturated carbocycles. The van der Waals surface area contributed by atoms with E-state index in [2.05, 4.69) is 72.6 Å². The second kappa shape index (κ2) is 8.70. The molecule has 3 aromatic rings. The van der Waals surface area contributed by atoms with E-state index in [1.165, 1.54) is 16.7 Å². The third kappa shape index (κ3) is 4.69. The number of hydrogen-bond donors (Lipinski definition) is 1. The molecule has 144 valence electrons. The Kier molecular flexibility index (Phi) is 5.66. The monoisotopic (exact) mass is 379 g/mol. The van der Waals surface area contributed by atoms with Crippen LogP contribution in [0.2, 0.25) is 0 Å². The summed E-state index contributed by atoms with van der Waals surface area (Å²) in [6, 6.07) is 20.7. The van der Waals surface area contributed by atoms with Gasteiger partial charge in [-0.25, -0.2) is 9.97 Å². The van der Waals surface area contributed by atoms with E-state index in [4.69, 9.17) is 10.7 Å². The van der Waals surface area contributed by atoms with Crippen molar-refractivity contribution in [3.8, 4) is 0 Å². The summed E-state index contributed by atoms with van der Waals surface area (Å²) >= 11 is 0. The maximum Gasteiger partial charge on any atom is 0.135 e. The van der Waals surface area contributed by atoms with Gasteiger partial charge >= 0.3 is 0 Å². The first-order valence-electron chi connectivity index (χ1n) is 9.96. The van der Waals surface area contributed by atoms with Crippen LogP contribution < -0.4 is 5.73 Å². The minimum Gasteiger partial charge on any atom is -0.383 e. The number of hydrogen-bond acceptors (Lipinski definition) is 3. The molecule has 0 saturated heterocycles. The Hall–Kier alpha value is -3.46. The SMILES string of the molecule is CC1=CC=C(c2c(N)nc(Cc3ccccc3)nc2Cc2ccccc2)C=CC1. The van der Waals surface area contributed by atoms with Crippen molar-refractivity contribution >= 4 is 11.4 Å². The lowest BCUT2D eigenvalue weighted by molar-refractivity contribution is 0.917. The average Bonchev–Trinajstić information content (AvgIpc) is 2.94. The van der Waals surface area contributed by atoms with Gasteiger partial charge in [-0.05, 0) is 30.0 Å². The quantitative estimate of drug-likeness (QED) is 0.634. The van der Waals surface area contributed by atoms with Gasteiger partial charge in [0, 0.05) is 18.4 Å². The highest BCUT2D eigenvalue weighted by Gasteiger charge is 2.16. The molecule has 29 heavy (non-hydrogen) atoms. The topological polar surface area (TPSA) is 51.8 Å². The molecule has 0 spiro atoms. The van der Waals surface area contributed by atoms with E-state index in [0.29, 0.717) is 12.2 Å². The number of nitrogen functional groups attached to an aromatic ring is 1. The summed E-state index contributed by atoms with van der Waals surface area (Å²) in [7, 11) is 0. The normalized spacial score (nSPS) is 13.6. The summed E-state index contributed by atoms with van der Waals surface area (Å²) in [4.78, 5) is 9.63. The smallest absolute Gasteiger partial charge is 0.135 e. The summed E-state index contributed by atoms with van der Waals surface area (Å²) in [5.41, 5.74) is 13.2. The first-order chi connectivity index (χ1) is 14.2. The first kappa shape index (κ1) is 18.9. The summed E-state index contributed by atoms with van der Waals surface area (Å²) in [6.45, 7) is 2.14. The molecule has 0 bridgehead atoms. The van der Waals surface area contributed by atoms with Crippen molar-refractivity contribution in [1.82, 2.24) is 9.97 Å². The number of anilines is 1. The molecule has 2 N–H and O–H groups in total. The van der Waals surface area contributed by atoms with Gasteiger partial charge in [-0.15, -0.1) is 0 Å². The molecule has 0 unspecified atom stereocenters. The maximum absolute atomic E-state index is 6.50. The zero-order valence-corrected chi connectivity index (χ0v) is 16.7. The van der Waals surface area contributed by atoms with Gasteiger partial charge in [-0.3, -0.25) is 0 Å². The van der Waals surface area contributed by atoms with Crippen molar-refractivity contribution in [2.45, 2.75) is 26.2 Å². The van der Waals surface area contributed by atoms with Crippen molar-refractivity contribution in [1.29, 1.82) is 0 Å². The number of allylic oxidation sites excluding steroid dienone is 6. The Morgan fingerprint density at radius 2 is 1.48 bits per heavy atom. The number of rotatable bonds is 5. The number of aromatic nitrogens is 2. The zero-order chi connectivity index (χ0) is 20.1. The van der Waals surface area contributed by atoms with Crippen LogP contribution in [0.1, 0.15) is 41.6 Å². The van der Waals surface area contributed by atoms with Crippen molar-refractivity contribution in [2.24, 2.45) is 0 Å². The van der Waals surface area contributed by atoms with Gasteiger partial charge in [-0.1, -0.05) is 90.5 Å². The Balaban J connectivity index is 1.78. The molecular weight excluding hydrogens is 354 g/mol. The summed E-state index contributed by atoms with van der Waals surface area (Å²) < 4.78 is 0. The van der Waals surface area contributed by atoms with Gasteiger partial charge in [0.1, 0.15) is 11.6 Å². The van der Waals surface area contributed by atoms with Crippen LogP contribution in [0.15, 0.2) is 90.5 Å². The second-order valence-corrected chi connectivity index (χ2v) is 7.41. The Morgan fingerprint density at radius 1 is 0.828 bits per heavy atom. The number of nitrogens with two attached hydrogens (primary N) is 1. The van der Waals surface area contributed by atoms with Crippen molar-refractivity contribution < 1.29 is 0 Å². The van der Waals surface area contributed by atoms with E-state index in [0.717, 1.165) is 35.5 Å². The van der Waals surface area contributed by atoms with Crippen LogP contribution in [-0.4, -0.2) is 9.97 Å². The van der Waals surface area contributed by atoms with Crippen LogP contribution in [0.4, 0.5) is 5.82 Å². The first-order valence-corrected chi connectivity index (χ1v) is 9.96. The lowest BCUT2D eigenvalue weighted by atomic mass is 9.98. The lowest BCUT2D eigenvalue weighted by Crippen LogP contribution is -2.10. The predicted molar refractivity (Wildman–Crippen MR) is 120 cm³/mol. The highest BCUT2D eigenvalue weighted by molar-refractivity contribution is 5.82. The van der Waals surface area contributed by atoms with Crippen molar-refractivity contribution in [3.63, 3.8) is 0 Å². The molecule has 3 nitrogen and oxygen atoms in total. The van der Waals surface area contributed by atoms with E-state index in [-0.39, 0.29) is 0 Å². The Bertz CT molecular complexity index is 1080. The summed E-state index contributed by atoms with van der Waals surface area (Å²) in [5, 5.41) is 0. The van der Waals surface area contributed by atoms with Gasteiger partial charge in [0.15, 0.2) is 0 Å². The van der Waals surface area contributed by atoms with E-state index >= 15 is 0 Å². The molecule has 1 aliphatic rings. The molecular formula is C26H25N3. The maximum atomic E-state index is 6.50. The van der Waals surface area contributed by atoms with Crippen LogP contribution in [-0.2, 0) is 12.8 Å². The molecule has 2 aromatic carbocycles. The van der Waals surface area contributed by atoms with Crippen LogP contribution in [0.3, 0.4) is 0 Å². The predicted octanol–water partition coefficient (Wildman–Crippen LogP) is 5.53. The zero-order valence-electron chi connectivity index (χ0n) is 16.7. The van der Waals surface area contributed by atoms with Crippen molar-refractivity contribution in [3.05, 3.63) is 119 Å². The fraction of sp³-hybridized carbons (Fsp3) is 0.154. The minimum atomic E-state index is 0.542. The largest absolute Gasteiger partial charge is 0.383 e. The lowest BCUT2D eigenvalue weighted by Gasteiger charge is -2.14. The van der Waals surface area contributed by atoms with Gasteiger partial charge in [0.25, 0.3) is 0 Å². The van der Waals surface area contributed by atoms with E-state index in [1.54, 1.807) is 0 Å². The van der Waals surface area contributed by atoms with E-state index in [1.807, 2.05) is 24.3 Å². The fourth-order valence-electron chi connectivity index (χ4n) is 3.56. The molecule has 0 amide bonds. The van der Waals surface area contributed by atoms with Gasteiger partial charge in [-0.2, -0.15) is 0 Å². The van der Waals surface area contributed by atoms with Crippen LogP contribution in [0.5, 0.6) is 0 Å². The Morgan fingerprint density at radius 3 is 2.17 bits per heavy atom. The number of benzene rings is 2. The minimum absolute atomic E-state index is 0.542. The second-order valence-electron chi connectivity index (χ2n) is 7.41. The van der Waals surface area contributed by atoms with Gasteiger partial charge in [0.2, 0.25) is 0 Å². The van der Waals surface area contributed by atoms with E-state index < -0.39 is 0 Å². The summed E-state index contributed by atoms with van der Waals surface area (Å²) in [6.07, 6.45) is 10.9. The molecule has 0 fully saturated rings. The summed E-state index contributed by atoms with van der Waals surface area (Å²) in [5.74, 6) is 1.30. The highest BCUT2D eigenvalue weighted by Crippen LogP contribution is 2.29. The average molecular weight is 380 g/mol. The molecule has 1 aromatic heterocycles. The molecule has 1 aliphatic carbocycles. The molecule has 0 aliphatic heterocycles. The number of nitrogens with zero attached hydrogens (tertiary/aromatic N) is 2. The molecule has 0 atom stereocenters. The van der Waals surface area contributed by atoms with Crippen LogP contribution in [0.25, 0.3) is 5.57 Å². The Labute approximate surface area is 172 Å².